The van der Waals surface area contributed by atoms with Crippen molar-refractivity contribution in [3.8, 4) is 5.75 Å². The van der Waals surface area contributed by atoms with Gasteiger partial charge in [-0.1, -0.05) is 45.4 Å². The van der Waals surface area contributed by atoms with E-state index in [1.165, 1.54) is 11.8 Å². The first-order valence-electron chi connectivity index (χ1n) is 6.18. The van der Waals surface area contributed by atoms with E-state index in [0.29, 0.717) is 17.9 Å². The second-order valence-corrected chi connectivity index (χ2v) is 5.90. The molecule has 0 heterocycles. The maximum absolute atomic E-state index is 8.95. The van der Waals surface area contributed by atoms with Crippen LogP contribution in [-0.4, -0.2) is 17.3 Å². The van der Waals surface area contributed by atoms with Crippen molar-refractivity contribution in [1.29, 1.82) is 0 Å². The second kappa shape index (κ2) is 7.38. The van der Waals surface area contributed by atoms with Crippen LogP contribution in [0, 0.1) is 0 Å². The third-order valence-electron chi connectivity index (χ3n) is 2.91. The molecule has 0 saturated heterocycles. The molecule has 0 unspecified atom stereocenters. The number of nitrogens with zero attached hydrogens (tertiary/aromatic N) is 1. The van der Waals surface area contributed by atoms with E-state index in [2.05, 4.69) is 21.1 Å². The Morgan fingerprint density at radius 2 is 2.05 bits per heavy atom. The molecule has 0 aliphatic heterocycles. The third-order valence-corrected chi connectivity index (χ3v) is 4.47. The Balaban J connectivity index is 2.30. The Morgan fingerprint density at radius 3 is 2.71 bits per heavy atom. The second-order valence-electron chi connectivity index (χ2n) is 4.20. The minimum atomic E-state index is 0.0436. The number of ether oxygens (including phenoxy) is 1. The van der Waals surface area contributed by atoms with Gasteiger partial charge in [-0.25, -0.2) is 0 Å². The molecule has 0 aliphatic rings. The molecule has 0 fully saturated rings. The summed E-state index contributed by atoms with van der Waals surface area (Å²) in [6.07, 6.45) is 1.93. The van der Waals surface area contributed by atoms with Gasteiger partial charge in [-0.2, -0.15) is 0 Å². The van der Waals surface area contributed by atoms with Crippen molar-refractivity contribution in [1.82, 2.24) is 0 Å². The molecule has 2 aromatic rings. The van der Waals surface area contributed by atoms with Crippen molar-refractivity contribution in [2.75, 3.05) is 6.26 Å². The molecule has 0 aliphatic carbocycles. The molecule has 0 amide bonds. The van der Waals surface area contributed by atoms with Gasteiger partial charge in [-0.15, -0.1) is 11.8 Å². The van der Waals surface area contributed by atoms with Gasteiger partial charge in [0, 0.05) is 14.9 Å². The molecule has 3 N–H and O–H groups in total. The molecule has 0 radical (unpaired) electrons. The third kappa shape index (κ3) is 3.71. The number of benzene rings is 2. The van der Waals surface area contributed by atoms with Gasteiger partial charge >= 0.3 is 0 Å². The number of halogens is 1. The van der Waals surface area contributed by atoms with Crippen LogP contribution in [0.1, 0.15) is 11.1 Å². The molecule has 2 rings (SSSR count). The fourth-order valence-electron chi connectivity index (χ4n) is 1.87. The summed E-state index contributed by atoms with van der Waals surface area (Å²) >= 11 is 5.00. The fourth-order valence-corrected chi connectivity index (χ4v) is 2.90. The van der Waals surface area contributed by atoms with E-state index in [-0.39, 0.29) is 5.84 Å². The lowest BCUT2D eigenvalue weighted by atomic mass is 10.2. The SMILES string of the molecule is CSc1cccc(OCc2ccccc2Br)c1/C(N)=N/O. The van der Waals surface area contributed by atoms with E-state index in [9.17, 15) is 0 Å². The molecule has 0 spiro atoms. The number of nitrogens with two attached hydrogens (primary N) is 1. The first kappa shape index (κ1) is 15.7. The molecular weight excluding hydrogens is 352 g/mol. The number of hydrogen-bond donors (Lipinski definition) is 2. The van der Waals surface area contributed by atoms with Crippen molar-refractivity contribution >= 4 is 33.5 Å². The van der Waals surface area contributed by atoms with Gasteiger partial charge in [0.1, 0.15) is 12.4 Å². The largest absolute Gasteiger partial charge is 0.488 e. The van der Waals surface area contributed by atoms with Crippen molar-refractivity contribution in [2.45, 2.75) is 11.5 Å². The van der Waals surface area contributed by atoms with E-state index >= 15 is 0 Å². The Labute approximate surface area is 136 Å². The lowest BCUT2D eigenvalue weighted by Gasteiger charge is -2.14. The molecule has 6 heteroatoms. The Hall–Kier alpha value is -1.66. The summed E-state index contributed by atoms with van der Waals surface area (Å²) in [4.78, 5) is 0.898. The maximum atomic E-state index is 8.95. The molecule has 4 nitrogen and oxygen atoms in total. The molecule has 110 valence electrons. The van der Waals surface area contributed by atoms with E-state index in [4.69, 9.17) is 15.7 Å². The van der Waals surface area contributed by atoms with Gasteiger partial charge in [-0.3, -0.25) is 0 Å². The minimum Gasteiger partial charge on any atom is -0.488 e. The molecule has 0 bridgehead atoms. The highest BCUT2D eigenvalue weighted by molar-refractivity contribution is 9.10. The van der Waals surface area contributed by atoms with Gasteiger partial charge in [0.25, 0.3) is 0 Å². The Bertz CT molecular complexity index is 662. The average molecular weight is 367 g/mol. The summed E-state index contributed by atoms with van der Waals surface area (Å²) in [7, 11) is 0. The monoisotopic (exact) mass is 366 g/mol. The van der Waals surface area contributed by atoms with E-state index in [1.54, 1.807) is 0 Å². The fraction of sp³-hybridized carbons (Fsp3) is 0.133. The van der Waals surface area contributed by atoms with Gasteiger partial charge in [0.05, 0.1) is 5.56 Å². The summed E-state index contributed by atoms with van der Waals surface area (Å²) in [5, 5.41) is 12.0. The van der Waals surface area contributed by atoms with E-state index in [1.807, 2.05) is 48.7 Å². The van der Waals surface area contributed by atoms with Gasteiger partial charge in [-0.05, 0) is 24.5 Å². The van der Waals surface area contributed by atoms with Crippen LogP contribution in [0.4, 0.5) is 0 Å². The number of rotatable bonds is 5. The molecule has 21 heavy (non-hydrogen) atoms. The van der Waals surface area contributed by atoms with Crippen LogP contribution in [0.5, 0.6) is 5.75 Å². The van der Waals surface area contributed by atoms with E-state index < -0.39 is 0 Å². The zero-order chi connectivity index (χ0) is 15.2. The van der Waals surface area contributed by atoms with Gasteiger partial charge < -0.3 is 15.7 Å². The van der Waals surface area contributed by atoms with Crippen LogP contribution in [-0.2, 0) is 6.61 Å². The first-order chi connectivity index (χ1) is 10.2. The zero-order valence-electron chi connectivity index (χ0n) is 11.4. The topological polar surface area (TPSA) is 67.8 Å². The summed E-state index contributed by atoms with van der Waals surface area (Å²) < 4.78 is 6.84. The smallest absolute Gasteiger partial charge is 0.174 e. The van der Waals surface area contributed by atoms with Crippen LogP contribution in [0.2, 0.25) is 0 Å². The number of hydrogen-bond acceptors (Lipinski definition) is 4. The van der Waals surface area contributed by atoms with Gasteiger partial charge in [0.2, 0.25) is 0 Å². The Kier molecular flexibility index (Phi) is 5.52. The highest BCUT2D eigenvalue weighted by atomic mass is 79.9. The molecular formula is C15H15BrN2O2S. The predicted molar refractivity (Wildman–Crippen MR) is 89.2 cm³/mol. The summed E-state index contributed by atoms with van der Waals surface area (Å²) in [6, 6.07) is 13.4. The maximum Gasteiger partial charge on any atom is 0.174 e. The van der Waals surface area contributed by atoms with Crippen molar-refractivity contribution in [3.63, 3.8) is 0 Å². The molecule has 2 aromatic carbocycles. The number of thioether (sulfide) groups is 1. The lowest BCUT2D eigenvalue weighted by Crippen LogP contribution is -2.16. The highest BCUT2D eigenvalue weighted by Crippen LogP contribution is 2.29. The van der Waals surface area contributed by atoms with Crippen molar-refractivity contribution in [2.24, 2.45) is 10.9 Å². The first-order valence-corrected chi connectivity index (χ1v) is 8.20. The quantitative estimate of drug-likeness (QED) is 0.277. The van der Waals surface area contributed by atoms with Crippen molar-refractivity contribution < 1.29 is 9.94 Å². The van der Waals surface area contributed by atoms with Crippen LogP contribution >= 0.6 is 27.7 Å². The summed E-state index contributed by atoms with van der Waals surface area (Å²) in [5.41, 5.74) is 7.40. The van der Waals surface area contributed by atoms with Crippen LogP contribution < -0.4 is 10.5 Å². The highest BCUT2D eigenvalue weighted by Gasteiger charge is 2.14. The Morgan fingerprint density at radius 1 is 1.29 bits per heavy atom. The normalized spacial score (nSPS) is 11.4. The van der Waals surface area contributed by atoms with Crippen LogP contribution in [0.3, 0.4) is 0 Å². The van der Waals surface area contributed by atoms with Crippen LogP contribution in [0.15, 0.2) is 57.0 Å². The van der Waals surface area contributed by atoms with Gasteiger partial charge in [0.15, 0.2) is 5.84 Å². The van der Waals surface area contributed by atoms with Crippen LogP contribution in [0.25, 0.3) is 0 Å². The number of oxime groups is 1. The molecule has 0 aromatic heterocycles. The number of amidine groups is 1. The lowest BCUT2D eigenvalue weighted by molar-refractivity contribution is 0.301. The summed E-state index contributed by atoms with van der Waals surface area (Å²) in [5.74, 6) is 0.634. The minimum absolute atomic E-state index is 0.0436. The predicted octanol–water partition coefficient (Wildman–Crippen LogP) is 3.84. The molecule has 0 atom stereocenters. The molecule has 0 saturated carbocycles. The van der Waals surface area contributed by atoms with E-state index in [0.717, 1.165) is 14.9 Å². The van der Waals surface area contributed by atoms with Crippen molar-refractivity contribution in [3.05, 3.63) is 58.1 Å². The zero-order valence-corrected chi connectivity index (χ0v) is 13.8. The standard InChI is InChI=1S/C15H15BrN2O2S/c1-21-13-8-4-7-12(14(13)15(17)18-19)20-9-10-5-2-3-6-11(10)16/h2-8,19H,9H2,1H3,(H2,17,18). The average Bonchev–Trinajstić information content (AvgIpc) is 2.53. The summed E-state index contributed by atoms with van der Waals surface area (Å²) in [6.45, 7) is 0.394.